The quantitative estimate of drug-likeness (QED) is 0.195. The molecule has 0 aliphatic heterocycles. The van der Waals surface area contributed by atoms with E-state index in [0.717, 1.165) is 19.5 Å². The molecule has 0 atom stereocenters. The minimum absolute atomic E-state index is 1.01. The summed E-state index contributed by atoms with van der Waals surface area (Å²) < 4.78 is 1.42. The molecule has 2 heteroatoms. The van der Waals surface area contributed by atoms with Crippen molar-refractivity contribution in [2.24, 2.45) is 0 Å². The van der Waals surface area contributed by atoms with E-state index in [9.17, 15) is 0 Å². The molecule has 0 bridgehead atoms. The molecule has 0 radical (unpaired) electrons. The summed E-state index contributed by atoms with van der Waals surface area (Å²) in [5, 5.41) is 5.46. The van der Waals surface area contributed by atoms with Gasteiger partial charge < -0.3 is 4.90 Å². The van der Waals surface area contributed by atoms with Crippen LogP contribution in [0.4, 0.5) is 5.69 Å². The predicted octanol–water partition coefficient (Wildman–Crippen LogP) is 8.67. The first-order chi connectivity index (χ1) is 18.2. The van der Waals surface area contributed by atoms with Crippen LogP contribution in [-0.2, 0) is 24.2 Å². The minimum atomic E-state index is 1.01. The third-order valence-electron chi connectivity index (χ3n) is 6.43. The van der Waals surface area contributed by atoms with Crippen molar-refractivity contribution in [3.8, 4) is 0 Å². The van der Waals surface area contributed by atoms with Crippen molar-refractivity contribution in [1.29, 1.82) is 0 Å². The Kier molecular flexibility index (Phi) is 10.1. The topological polar surface area (TPSA) is 3.24 Å². The molecular weight excluding hydrogens is 526 g/mol. The molecule has 1 aliphatic carbocycles. The van der Waals surface area contributed by atoms with Gasteiger partial charge in [-0.25, -0.2) is 12.2 Å². The Hall–Kier alpha value is -3.22. The van der Waals surface area contributed by atoms with Crippen LogP contribution in [0.3, 0.4) is 0 Å². The molecule has 0 heterocycles. The van der Waals surface area contributed by atoms with Crippen LogP contribution in [0.2, 0.25) is 0 Å². The molecule has 182 valence electrons. The Labute approximate surface area is 236 Å². The fourth-order valence-electron chi connectivity index (χ4n) is 4.53. The Morgan fingerprint density at radius 1 is 0.757 bits per heavy atom. The number of hydrogen-bond acceptors (Lipinski definition) is 1. The van der Waals surface area contributed by atoms with Gasteiger partial charge in [0.15, 0.2) is 0 Å². The summed E-state index contributed by atoms with van der Waals surface area (Å²) in [7, 11) is 0. The van der Waals surface area contributed by atoms with Crippen molar-refractivity contribution >= 4 is 30.4 Å². The summed E-state index contributed by atoms with van der Waals surface area (Å²) in [5.74, 6) is 0. The first-order valence-corrected chi connectivity index (χ1v) is 14.2. The summed E-state index contributed by atoms with van der Waals surface area (Å²) in [6, 6.07) is 38.7. The van der Waals surface area contributed by atoms with Gasteiger partial charge in [0.2, 0.25) is 0 Å². The van der Waals surface area contributed by atoms with Gasteiger partial charge in [-0.1, -0.05) is 35.7 Å². The molecule has 0 saturated carbocycles. The number of allylic oxidation sites excluding steroid dienone is 4. The zero-order valence-corrected chi connectivity index (χ0v) is 24.2. The van der Waals surface area contributed by atoms with Gasteiger partial charge in [-0.3, -0.25) is 6.08 Å². The monoisotopic (exact) mass is 557 g/mol. The van der Waals surface area contributed by atoms with Crippen LogP contribution in [0.25, 0.3) is 21.5 Å². The number of benzene rings is 4. The molecule has 6 rings (SSSR count). The zero-order chi connectivity index (χ0) is 25.9. The van der Waals surface area contributed by atoms with E-state index in [4.69, 9.17) is 0 Å². The Balaban J connectivity index is 0.000000149. The van der Waals surface area contributed by atoms with E-state index < -0.39 is 0 Å². The summed E-state index contributed by atoms with van der Waals surface area (Å²) in [5.41, 5.74) is 4.02. The van der Waals surface area contributed by atoms with Gasteiger partial charge in [0.05, 0.1) is 0 Å². The Morgan fingerprint density at radius 2 is 1.35 bits per heavy atom. The maximum absolute atomic E-state index is 2.99. The van der Waals surface area contributed by atoms with Crippen molar-refractivity contribution in [2.45, 2.75) is 20.3 Å². The van der Waals surface area contributed by atoms with Crippen molar-refractivity contribution in [2.75, 3.05) is 18.0 Å². The third kappa shape index (κ3) is 6.97. The number of rotatable bonds is 5. The molecule has 5 aromatic carbocycles. The molecular formula is C35H33NZr. The summed E-state index contributed by atoms with van der Waals surface area (Å²) in [6.07, 6.45) is 10.0. The molecule has 0 N–H and O–H groups in total. The van der Waals surface area contributed by atoms with E-state index in [2.05, 4.69) is 140 Å². The molecule has 1 nitrogen and oxygen atoms in total. The molecule has 1 aliphatic rings. The summed E-state index contributed by atoms with van der Waals surface area (Å²) in [4.78, 5) is 2.43. The van der Waals surface area contributed by atoms with Gasteiger partial charge in [-0.05, 0) is 13.8 Å². The second kappa shape index (κ2) is 13.9. The zero-order valence-electron chi connectivity index (χ0n) is 21.7. The standard InChI is InChI=1S/C17H18N.C13H10.C5H5.Zr/c1-3-18(4-2)16-11-7-9-14-12-13-8-5-6-10-15(13)17(14)16;1-3-7-12(8-4-1)11-13-9-5-2-6-10-13;1-2-4-5-3-1;/h5-12H,3-4H2,1-2H3;1-10H;1-3H,4H2;/q-1;;-1;+2. The van der Waals surface area contributed by atoms with Crippen molar-refractivity contribution in [3.05, 3.63) is 145 Å². The molecule has 0 unspecified atom stereocenters. The van der Waals surface area contributed by atoms with Crippen LogP contribution >= 0.6 is 0 Å². The van der Waals surface area contributed by atoms with Crippen LogP contribution in [0, 0.1) is 6.08 Å². The van der Waals surface area contributed by atoms with E-state index >= 15 is 0 Å². The van der Waals surface area contributed by atoms with Crippen molar-refractivity contribution < 1.29 is 24.2 Å². The fourth-order valence-corrected chi connectivity index (χ4v) is 5.35. The number of fused-ring (bicyclic) bond motifs is 3. The van der Waals surface area contributed by atoms with Crippen LogP contribution < -0.4 is 4.90 Å². The normalized spacial score (nSPS) is 11.6. The van der Waals surface area contributed by atoms with Gasteiger partial charge in [0, 0.05) is 18.8 Å². The van der Waals surface area contributed by atoms with Crippen molar-refractivity contribution in [3.63, 3.8) is 0 Å². The molecule has 5 aromatic rings. The fraction of sp³-hybridized carbons (Fsp3) is 0.143. The second-order valence-electron chi connectivity index (χ2n) is 8.76. The van der Waals surface area contributed by atoms with E-state index in [1.54, 1.807) is 0 Å². The molecule has 37 heavy (non-hydrogen) atoms. The SMILES string of the molecule is CCN(CC)c1cccc2[cH-]c3ccccc3c12.[C-]1=CC=CC1.[Zr+2]=[C](c1ccccc1)c1ccccc1. The van der Waals surface area contributed by atoms with Gasteiger partial charge in [-0.2, -0.15) is 6.08 Å². The van der Waals surface area contributed by atoms with E-state index in [-0.39, 0.29) is 0 Å². The summed E-state index contributed by atoms with van der Waals surface area (Å²) in [6.45, 7) is 6.53. The predicted molar refractivity (Wildman–Crippen MR) is 158 cm³/mol. The second-order valence-corrected chi connectivity index (χ2v) is 9.98. The van der Waals surface area contributed by atoms with Crippen LogP contribution in [-0.4, -0.2) is 16.3 Å². The van der Waals surface area contributed by atoms with E-state index in [1.807, 2.05) is 12.2 Å². The number of anilines is 1. The van der Waals surface area contributed by atoms with Crippen LogP contribution in [0.1, 0.15) is 31.4 Å². The number of hydrogen-bond donors (Lipinski definition) is 0. The first kappa shape index (κ1) is 26.8. The number of nitrogens with zero attached hydrogens (tertiary/aromatic N) is 1. The van der Waals surface area contributed by atoms with Crippen LogP contribution in [0.15, 0.2) is 127 Å². The maximum atomic E-state index is 2.99. The van der Waals surface area contributed by atoms with Crippen LogP contribution in [0.5, 0.6) is 0 Å². The third-order valence-corrected chi connectivity index (χ3v) is 7.85. The molecule has 0 amide bonds. The molecule has 0 spiro atoms. The van der Waals surface area contributed by atoms with Gasteiger partial charge in [0.1, 0.15) is 0 Å². The van der Waals surface area contributed by atoms with Gasteiger partial charge in [-0.15, -0.1) is 40.8 Å². The van der Waals surface area contributed by atoms with Gasteiger partial charge in [0.25, 0.3) is 0 Å². The Bertz CT molecular complexity index is 1420. The van der Waals surface area contributed by atoms with E-state index in [0.29, 0.717) is 0 Å². The van der Waals surface area contributed by atoms with E-state index in [1.165, 1.54) is 65.8 Å². The first-order valence-electron chi connectivity index (χ1n) is 13.0. The van der Waals surface area contributed by atoms with Gasteiger partial charge >= 0.3 is 99.2 Å². The van der Waals surface area contributed by atoms with Crippen molar-refractivity contribution in [1.82, 2.24) is 0 Å². The molecule has 0 saturated heterocycles. The average Bonchev–Trinajstić information content (AvgIpc) is 3.67. The summed E-state index contributed by atoms with van der Waals surface area (Å²) >= 11 is 1.46. The molecule has 0 aromatic heterocycles. The Morgan fingerprint density at radius 3 is 1.89 bits per heavy atom. The molecule has 0 fully saturated rings. The average molecular weight is 559 g/mol.